The van der Waals surface area contributed by atoms with Crippen molar-refractivity contribution in [2.24, 2.45) is 17.6 Å². The fourth-order valence-corrected chi connectivity index (χ4v) is 2.11. The molecule has 0 spiro atoms. The van der Waals surface area contributed by atoms with Crippen molar-refractivity contribution in [3.63, 3.8) is 0 Å². The van der Waals surface area contributed by atoms with E-state index in [9.17, 15) is 0 Å². The van der Waals surface area contributed by atoms with Gasteiger partial charge in [0.05, 0.1) is 0 Å². The lowest BCUT2D eigenvalue weighted by molar-refractivity contribution is 0.253. The number of hydrogen-bond acceptors (Lipinski definition) is 2. The summed E-state index contributed by atoms with van der Waals surface area (Å²) in [5.74, 6) is 1.50. The minimum absolute atomic E-state index is 0.718. The van der Waals surface area contributed by atoms with Crippen LogP contribution in [0.3, 0.4) is 0 Å². The number of nitrogens with zero attached hydrogens (tertiary/aromatic N) is 1. The van der Waals surface area contributed by atoms with Crippen LogP contribution in [-0.2, 0) is 0 Å². The van der Waals surface area contributed by atoms with Crippen LogP contribution >= 0.6 is 0 Å². The van der Waals surface area contributed by atoms with E-state index in [-0.39, 0.29) is 0 Å². The topological polar surface area (TPSA) is 29.3 Å². The molecule has 0 bridgehead atoms. The highest BCUT2D eigenvalue weighted by molar-refractivity contribution is 4.65. The minimum Gasteiger partial charge on any atom is -0.330 e. The van der Waals surface area contributed by atoms with E-state index in [2.05, 4.69) is 32.6 Å². The van der Waals surface area contributed by atoms with E-state index in [0.29, 0.717) is 0 Å². The second-order valence-corrected chi connectivity index (χ2v) is 4.95. The molecule has 2 nitrogen and oxygen atoms in total. The van der Waals surface area contributed by atoms with Gasteiger partial charge in [-0.1, -0.05) is 27.7 Å². The molecule has 0 saturated heterocycles. The van der Waals surface area contributed by atoms with E-state index in [1.54, 1.807) is 0 Å². The van der Waals surface area contributed by atoms with E-state index in [1.807, 2.05) is 0 Å². The van der Waals surface area contributed by atoms with Crippen LogP contribution in [0.15, 0.2) is 0 Å². The van der Waals surface area contributed by atoms with Gasteiger partial charge in [0, 0.05) is 0 Å². The Morgan fingerprint density at radius 3 is 2.20 bits per heavy atom. The average molecular weight is 214 g/mol. The monoisotopic (exact) mass is 214 g/mol. The van der Waals surface area contributed by atoms with Gasteiger partial charge in [0.2, 0.25) is 0 Å². The number of rotatable bonds is 9. The Balaban J connectivity index is 3.76. The van der Waals surface area contributed by atoms with Crippen LogP contribution in [0, 0.1) is 11.8 Å². The maximum atomic E-state index is 5.80. The summed E-state index contributed by atoms with van der Waals surface area (Å²) >= 11 is 0. The summed E-state index contributed by atoms with van der Waals surface area (Å²) in [7, 11) is 0. The Kier molecular flexibility index (Phi) is 9.12. The first-order chi connectivity index (χ1) is 7.13. The largest absolute Gasteiger partial charge is 0.330 e. The Labute approximate surface area is 96.2 Å². The molecule has 0 saturated carbocycles. The Morgan fingerprint density at radius 1 is 1.13 bits per heavy atom. The van der Waals surface area contributed by atoms with Gasteiger partial charge in [0.1, 0.15) is 0 Å². The molecular formula is C13H30N2. The molecule has 1 atom stereocenters. The molecule has 0 aromatic rings. The van der Waals surface area contributed by atoms with Crippen LogP contribution in [0.2, 0.25) is 0 Å². The Morgan fingerprint density at radius 2 is 1.80 bits per heavy atom. The van der Waals surface area contributed by atoms with Gasteiger partial charge < -0.3 is 10.6 Å². The van der Waals surface area contributed by atoms with Crippen LogP contribution in [0.1, 0.15) is 47.0 Å². The Bertz CT molecular complexity index is 134. The predicted molar refractivity (Wildman–Crippen MR) is 69.0 cm³/mol. The molecule has 0 fully saturated rings. The normalized spacial score (nSPS) is 13.8. The van der Waals surface area contributed by atoms with Gasteiger partial charge in [-0.05, 0) is 57.3 Å². The second kappa shape index (κ2) is 9.17. The molecule has 2 heteroatoms. The zero-order valence-electron chi connectivity index (χ0n) is 11.1. The van der Waals surface area contributed by atoms with Gasteiger partial charge in [-0.15, -0.1) is 0 Å². The molecule has 0 aliphatic rings. The standard InChI is InChI=1S/C13H30N2/c1-5-8-15(6-2)9-7-13(11-14)10-12(3)4/h12-13H,5-11,14H2,1-4H3. The molecule has 0 heterocycles. The minimum atomic E-state index is 0.718. The highest BCUT2D eigenvalue weighted by atomic mass is 15.1. The first-order valence-electron chi connectivity index (χ1n) is 6.56. The molecule has 92 valence electrons. The summed E-state index contributed by atoms with van der Waals surface area (Å²) in [6, 6.07) is 0. The first-order valence-corrected chi connectivity index (χ1v) is 6.56. The van der Waals surface area contributed by atoms with E-state index in [4.69, 9.17) is 5.73 Å². The zero-order chi connectivity index (χ0) is 11.7. The zero-order valence-corrected chi connectivity index (χ0v) is 11.1. The lowest BCUT2D eigenvalue weighted by atomic mass is 9.94. The quantitative estimate of drug-likeness (QED) is 0.639. The summed E-state index contributed by atoms with van der Waals surface area (Å²) in [6.45, 7) is 13.5. The molecule has 0 aromatic heterocycles. The van der Waals surface area contributed by atoms with Crippen molar-refractivity contribution in [1.82, 2.24) is 4.90 Å². The lowest BCUT2D eigenvalue weighted by Crippen LogP contribution is -2.29. The van der Waals surface area contributed by atoms with E-state index in [1.165, 1.54) is 38.9 Å². The molecule has 0 amide bonds. The summed E-state index contributed by atoms with van der Waals surface area (Å²) in [5.41, 5.74) is 5.80. The van der Waals surface area contributed by atoms with Gasteiger partial charge in [-0.3, -0.25) is 0 Å². The van der Waals surface area contributed by atoms with Crippen LogP contribution in [-0.4, -0.2) is 31.1 Å². The maximum Gasteiger partial charge on any atom is -0.00157 e. The van der Waals surface area contributed by atoms with E-state index in [0.717, 1.165) is 18.4 Å². The fraction of sp³-hybridized carbons (Fsp3) is 1.00. The molecular weight excluding hydrogens is 184 g/mol. The van der Waals surface area contributed by atoms with Crippen LogP contribution in [0.5, 0.6) is 0 Å². The third-order valence-corrected chi connectivity index (χ3v) is 2.98. The molecule has 0 aliphatic carbocycles. The number of hydrogen-bond donors (Lipinski definition) is 1. The van der Waals surface area contributed by atoms with Crippen molar-refractivity contribution in [1.29, 1.82) is 0 Å². The second-order valence-electron chi connectivity index (χ2n) is 4.95. The van der Waals surface area contributed by atoms with Crippen LogP contribution < -0.4 is 5.73 Å². The summed E-state index contributed by atoms with van der Waals surface area (Å²) in [5, 5.41) is 0. The van der Waals surface area contributed by atoms with Crippen molar-refractivity contribution >= 4 is 0 Å². The molecule has 15 heavy (non-hydrogen) atoms. The van der Waals surface area contributed by atoms with Crippen molar-refractivity contribution in [3.8, 4) is 0 Å². The van der Waals surface area contributed by atoms with Crippen LogP contribution in [0.25, 0.3) is 0 Å². The molecule has 0 radical (unpaired) electrons. The van der Waals surface area contributed by atoms with Crippen molar-refractivity contribution in [3.05, 3.63) is 0 Å². The average Bonchev–Trinajstić information content (AvgIpc) is 2.21. The fourth-order valence-electron chi connectivity index (χ4n) is 2.11. The molecule has 0 aliphatic heterocycles. The third-order valence-electron chi connectivity index (χ3n) is 2.98. The summed E-state index contributed by atoms with van der Waals surface area (Å²) in [6.07, 6.45) is 3.80. The van der Waals surface area contributed by atoms with Gasteiger partial charge in [-0.25, -0.2) is 0 Å². The van der Waals surface area contributed by atoms with Crippen molar-refractivity contribution in [2.45, 2.75) is 47.0 Å². The van der Waals surface area contributed by atoms with Crippen LogP contribution in [0.4, 0.5) is 0 Å². The highest BCUT2D eigenvalue weighted by Crippen LogP contribution is 2.14. The summed E-state index contributed by atoms with van der Waals surface area (Å²) < 4.78 is 0. The van der Waals surface area contributed by atoms with Gasteiger partial charge in [0.15, 0.2) is 0 Å². The molecule has 0 rings (SSSR count). The van der Waals surface area contributed by atoms with Crippen molar-refractivity contribution in [2.75, 3.05) is 26.2 Å². The van der Waals surface area contributed by atoms with E-state index < -0.39 is 0 Å². The SMILES string of the molecule is CCCN(CC)CCC(CN)CC(C)C. The molecule has 1 unspecified atom stereocenters. The van der Waals surface area contributed by atoms with Crippen molar-refractivity contribution < 1.29 is 0 Å². The first kappa shape index (κ1) is 14.9. The summed E-state index contributed by atoms with van der Waals surface area (Å²) in [4.78, 5) is 2.53. The smallest absolute Gasteiger partial charge is 0.00157 e. The maximum absolute atomic E-state index is 5.80. The highest BCUT2D eigenvalue weighted by Gasteiger charge is 2.10. The molecule has 2 N–H and O–H groups in total. The lowest BCUT2D eigenvalue weighted by Gasteiger charge is -2.23. The third kappa shape index (κ3) is 7.80. The van der Waals surface area contributed by atoms with Gasteiger partial charge in [0.25, 0.3) is 0 Å². The van der Waals surface area contributed by atoms with Gasteiger partial charge >= 0.3 is 0 Å². The predicted octanol–water partition coefficient (Wildman–Crippen LogP) is 2.73. The molecule has 0 aromatic carbocycles. The van der Waals surface area contributed by atoms with Gasteiger partial charge in [-0.2, -0.15) is 0 Å². The number of nitrogens with two attached hydrogens (primary N) is 1. The van der Waals surface area contributed by atoms with E-state index >= 15 is 0 Å². The Hall–Kier alpha value is -0.0800.